The zero-order chi connectivity index (χ0) is 53.6. The summed E-state index contributed by atoms with van der Waals surface area (Å²) >= 11 is 0. The maximum Gasteiger partial charge on any atom is 0.305 e. The minimum absolute atomic E-state index is 0.0164. The van der Waals surface area contributed by atoms with Gasteiger partial charge < -0.3 is 20.3 Å². The molecule has 0 aliphatic heterocycles. The molecular weight excluding hydrogens is 911 g/mol. The first kappa shape index (κ1) is 72.3. The number of esters is 1. The highest BCUT2D eigenvalue weighted by Crippen LogP contribution is 2.18. The Balaban J connectivity index is 3.37. The van der Waals surface area contributed by atoms with E-state index in [0.29, 0.717) is 25.9 Å². The lowest BCUT2D eigenvalue weighted by Crippen LogP contribution is -2.45. The van der Waals surface area contributed by atoms with Crippen molar-refractivity contribution in [1.82, 2.24) is 5.32 Å². The van der Waals surface area contributed by atoms with Gasteiger partial charge in [-0.05, 0) is 57.8 Å². The Labute approximate surface area is 462 Å². The molecule has 0 aromatic rings. The zero-order valence-electron chi connectivity index (χ0n) is 50.1. The van der Waals surface area contributed by atoms with Crippen LogP contribution in [0.2, 0.25) is 0 Å². The number of aliphatic hydroxyl groups is 2. The van der Waals surface area contributed by atoms with E-state index in [1.807, 2.05) is 0 Å². The van der Waals surface area contributed by atoms with Crippen molar-refractivity contribution in [1.29, 1.82) is 0 Å². The number of aliphatic hydroxyl groups excluding tert-OH is 2. The van der Waals surface area contributed by atoms with Gasteiger partial charge in [-0.2, -0.15) is 0 Å². The van der Waals surface area contributed by atoms with Gasteiger partial charge in [0.2, 0.25) is 5.91 Å². The monoisotopic (exact) mass is 1040 g/mol. The number of allylic oxidation sites excluding steroid dienone is 4. The Bertz CT molecular complexity index is 1150. The molecule has 3 N–H and O–H groups in total. The largest absolute Gasteiger partial charge is 0.466 e. The Hall–Kier alpha value is -1.66. The zero-order valence-corrected chi connectivity index (χ0v) is 50.1. The second-order valence-electron chi connectivity index (χ2n) is 23.2. The van der Waals surface area contributed by atoms with Crippen molar-refractivity contribution in [2.75, 3.05) is 13.2 Å². The van der Waals surface area contributed by atoms with Gasteiger partial charge in [-0.25, -0.2) is 0 Å². The van der Waals surface area contributed by atoms with Crippen LogP contribution in [-0.4, -0.2) is 47.4 Å². The maximum atomic E-state index is 12.5. The van der Waals surface area contributed by atoms with Gasteiger partial charge in [-0.1, -0.05) is 327 Å². The predicted molar refractivity (Wildman–Crippen MR) is 324 cm³/mol. The van der Waals surface area contributed by atoms with Crippen molar-refractivity contribution in [2.24, 2.45) is 0 Å². The smallest absolute Gasteiger partial charge is 0.305 e. The highest BCUT2D eigenvalue weighted by molar-refractivity contribution is 5.76. The fraction of sp³-hybridized carbons (Fsp3) is 0.912. The van der Waals surface area contributed by atoms with E-state index in [1.54, 1.807) is 0 Å². The van der Waals surface area contributed by atoms with Crippen LogP contribution in [-0.2, 0) is 14.3 Å². The van der Waals surface area contributed by atoms with Crippen molar-refractivity contribution < 1.29 is 24.5 Å². The topological polar surface area (TPSA) is 95.9 Å². The number of hydrogen-bond acceptors (Lipinski definition) is 5. The molecule has 1 amide bonds. The molecule has 0 aliphatic rings. The second kappa shape index (κ2) is 63.9. The third-order valence-electron chi connectivity index (χ3n) is 15.8. The first-order chi connectivity index (χ1) is 36.5. The number of nitrogens with one attached hydrogen (secondary N) is 1. The lowest BCUT2D eigenvalue weighted by molar-refractivity contribution is -0.143. The summed E-state index contributed by atoms with van der Waals surface area (Å²) in [5, 5.41) is 23.2. The molecule has 6 heteroatoms. The van der Waals surface area contributed by atoms with Crippen molar-refractivity contribution in [3.63, 3.8) is 0 Å². The van der Waals surface area contributed by atoms with Crippen LogP contribution in [0.3, 0.4) is 0 Å². The molecular formula is C68H131NO5. The molecule has 0 spiro atoms. The summed E-state index contributed by atoms with van der Waals surface area (Å²) in [5.41, 5.74) is 0. The van der Waals surface area contributed by atoms with Gasteiger partial charge in [0.25, 0.3) is 0 Å². The molecule has 438 valence electrons. The first-order valence-corrected chi connectivity index (χ1v) is 33.6. The Kier molecular flexibility index (Phi) is 62.4. The highest BCUT2D eigenvalue weighted by atomic mass is 16.5. The standard InChI is InChI=1S/C68H131NO5/c1-3-5-7-9-11-13-15-16-17-31-35-38-42-46-50-54-58-62-68(73)74-63-59-55-51-47-43-39-36-33-30-28-26-24-22-20-18-19-21-23-25-27-29-32-34-37-41-45-49-53-57-61-67(72)69-65(64-70)66(71)60-56-52-48-44-40-14-12-10-8-6-4-2/h18,20,24,26,65-66,70-71H,3-17,19,21-23,25,27-64H2,1-2H3,(H,69,72)/b20-18-,26-24-. The molecule has 0 bridgehead atoms. The van der Waals surface area contributed by atoms with Crippen LogP contribution in [0.25, 0.3) is 0 Å². The Morgan fingerprint density at radius 1 is 0.378 bits per heavy atom. The lowest BCUT2D eigenvalue weighted by Gasteiger charge is -2.22. The molecule has 0 fully saturated rings. The van der Waals surface area contributed by atoms with Crippen LogP contribution < -0.4 is 5.32 Å². The number of carbonyl (C=O) groups excluding carboxylic acids is 2. The van der Waals surface area contributed by atoms with E-state index in [1.165, 1.54) is 295 Å². The van der Waals surface area contributed by atoms with Gasteiger partial charge in [0, 0.05) is 12.8 Å². The van der Waals surface area contributed by atoms with E-state index < -0.39 is 12.1 Å². The van der Waals surface area contributed by atoms with E-state index in [9.17, 15) is 19.8 Å². The second-order valence-corrected chi connectivity index (χ2v) is 23.2. The average Bonchev–Trinajstić information content (AvgIpc) is 3.40. The van der Waals surface area contributed by atoms with Crippen molar-refractivity contribution >= 4 is 11.9 Å². The third kappa shape index (κ3) is 59.6. The highest BCUT2D eigenvalue weighted by Gasteiger charge is 2.20. The number of ether oxygens (including phenoxy) is 1. The summed E-state index contributed by atoms with van der Waals surface area (Å²) < 4.78 is 5.50. The summed E-state index contributed by atoms with van der Waals surface area (Å²) in [6, 6.07) is -0.541. The molecule has 0 saturated carbocycles. The lowest BCUT2D eigenvalue weighted by atomic mass is 10.0. The number of rotatable bonds is 63. The van der Waals surface area contributed by atoms with Crippen molar-refractivity contribution in [3.8, 4) is 0 Å². The molecule has 74 heavy (non-hydrogen) atoms. The SMILES string of the molecule is CCCCCCCCCCCCCCCCCCCC(=O)OCCCCCCCCCCC/C=C\C/C=C\CCCCCCCCCCCCCCCC(=O)NC(CO)C(O)CCCCCCCCCCCCC. The van der Waals surface area contributed by atoms with Crippen LogP contribution in [0.4, 0.5) is 0 Å². The van der Waals surface area contributed by atoms with Gasteiger partial charge in [-0.3, -0.25) is 9.59 Å². The molecule has 0 radical (unpaired) electrons. The molecule has 0 aromatic heterocycles. The maximum absolute atomic E-state index is 12.5. The van der Waals surface area contributed by atoms with Crippen LogP contribution in [0.15, 0.2) is 24.3 Å². The number of hydrogen-bond donors (Lipinski definition) is 3. The van der Waals surface area contributed by atoms with Crippen molar-refractivity contribution in [2.45, 2.75) is 386 Å². The molecule has 0 rings (SSSR count). The fourth-order valence-corrected chi connectivity index (χ4v) is 10.6. The first-order valence-electron chi connectivity index (χ1n) is 33.6. The van der Waals surface area contributed by atoms with Gasteiger partial charge in [0.1, 0.15) is 0 Å². The molecule has 2 atom stereocenters. The summed E-state index contributed by atoms with van der Waals surface area (Å²) in [6.45, 7) is 4.97. The fourth-order valence-electron chi connectivity index (χ4n) is 10.6. The molecule has 2 unspecified atom stereocenters. The summed E-state index contributed by atoms with van der Waals surface area (Å²) in [6.07, 6.45) is 79.3. The minimum atomic E-state index is -0.663. The Morgan fingerprint density at radius 3 is 1.03 bits per heavy atom. The molecule has 6 nitrogen and oxygen atoms in total. The van der Waals surface area contributed by atoms with Crippen LogP contribution >= 0.6 is 0 Å². The normalized spacial score (nSPS) is 12.6. The third-order valence-corrected chi connectivity index (χ3v) is 15.8. The van der Waals surface area contributed by atoms with Gasteiger partial charge >= 0.3 is 5.97 Å². The van der Waals surface area contributed by atoms with E-state index in [2.05, 4.69) is 43.5 Å². The van der Waals surface area contributed by atoms with Gasteiger partial charge in [0.05, 0.1) is 25.4 Å². The quantitative estimate of drug-likeness (QED) is 0.0320. The number of amides is 1. The number of carbonyl (C=O) groups is 2. The van der Waals surface area contributed by atoms with Gasteiger partial charge in [-0.15, -0.1) is 0 Å². The Morgan fingerprint density at radius 2 is 0.676 bits per heavy atom. The number of unbranched alkanes of at least 4 members (excludes halogenated alkanes) is 48. The molecule has 0 aliphatic carbocycles. The van der Waals surface area contributed by atoms with E-state index >= 15 is 0 Å². The summed E-state index contributed by atoms with van der Waals surface area (Å²) in [7, 11) is 0. The summed E-state index contributed by atoms with van der Waals surface area (Å²) in [4.78, 5) is 24.5. The predicted octanol–water partition coefficient (Wildman–Crippen LogP) is 21.4. The molecule has 0 aromatic carbocycles. The van der Waals surface area contributed by atoms with Gasteiger partial charge in [0.15, 0.2) is 0 Å². The summed E-state index contributed by atoms with van der Waals surface area (Å²) in [5.74, 6) is -0.0191. The average molecular weight is 1040 g/mol. The van der Waals surface area contributed by atoms with E-state index in [-0.39, 0.29) is 18.5 Å². The minimum Gasteiger partial charge on any atom is -0.466 e. The van der Waals surface area contributed by atoms with Crippen LogP contribution in [0, 0.1) is 0 Å². The van der Waals surface area contributed by atoms with E-state index in [0.717, 1.165) is 44.9 Å². The van der Waals surface area contributed by atoms with Crippen LogP contribution in [0.1, 0.15) is 373 Å². The van der Waals surface area contributed by atoms with Crippen molar-refractivity contribution in [3.05, 3.63) is 24.3 Å². The van der Waals surface area contributed by atoms with Crippen LogP contribution in [0.5, 0.6) is 0 Å². The van der Waals surface area contributed by atoms with E-state index in [4.69, 9.17) is 4.74 Å². The molecule has 0 heterocycles. The molecule has 0 saturated heterocycles.